The molecule has 6 heteroatoms. The molecule has 0 unspecified atom stereocenters. The quantitative estimate of drug-likeness (QED) is 0.906. The van der Waals surface area contributed by atoms with Gasteiger partial charge in [0.05, 0.1) is 10.4 Å². The summed E-state index contributed by atoms with van der Waals surface area (Å²) in [6.45, 7) is 0.871. The van der Waals surface area contributed by atoms with Crippen LogP contribution in [0.2, 0.25) is 0 Å². The fourth-order valence-corrected chi connectivity index (χ4v) is 2.69. The lowest BCUT2D eigenvalue weighted by Crippen LogP contribution is -2.29. The highest BCUT2D eigenvalue weighted by molar-refractivity contribution is 9.10. The molecule has 0 aliphatic heterocycles. The molecule has 1 amide bonds. The van der Waals surface area contributed by atoms with E-state index in [1.54, 1.807) is 5.51 Å². The number of nitrogens with one attached hydrogen (secondary N) is 1. The molecule has 4 nitrogen and oxygen atoms in total. The topological polar surface area (TPSA) is 68.0 Å². The molecule has 1 aromatic heterocycles. The highest BCUT2D eigenvalue weighted by atomic mass is 79.9. The van der Waals surface area contributed by atoms with Gasteiger partial charge in [0.15, 0.2) is 0 Å². The second kappa shape index (κ2) is 6.08. The molecule has 0 saturated heterocycles. The number of amides is 1. The van der Waals surface area contributed by atoms with E-state index < -0.39 is 0 Å². The third-order valence-corrected chi connectivity index (χ3v) is 3.67. The standard InChI is InChI=1S/C12H12BrN3OS/c13-9-3-1-2-8(6-9)11-10(16-7-18-11)12(17)15-5-4-14/h1-3,6-7H,4-5,14H2,(H,15,17). The maximum absolute atomic E-state index is 11.9. The van der Waals surface area contributed by atoms with Crippen molar-refractivity contribution in [2.75, 3.05) is 13.1 Å². The van der Waals surface area contributed by atoms with Crippen molar-refractivity contribution in [2.24, 2.45) is 5.73 Å². The molecule has 0 aliphatic rings. The Hall–Kier alpha value is -1.24. The van der Waals surface area contributed by atoms with E-state index in [0.29, 0.717) is 18.8 Å². The maximum atomic E-state index is 11.9. The Balaban J connectivity index is 2.30. The van der Waals surface area contributed by atoms with Crippen LogP contribution in [-0.2, 0) is 0 Å². The van der Waals surface area contributed by atoms with E-state index in [2.05, 4.69) is 26.2 Å². The molecule has 0 atom stereocenters. The van der Waals surface area contributed by atoms with E-state index in [-0.39, 0.29) is 5.91 Å². The van der Waals surface area contributed by atoms with Crippen LogP contribution in [0, 0.1) is 0 Å². The van der Waals surface area contributed by atoms with Crippen LogP contribution in [0.1, 0.15) is 10.5 Å². The van der Waals surface area contributed by atoms with Crippen molar-refractivity contribution in [3.63, 3.8) is 0 Å². The van der Waals surface area contributed by atoms with Crippen LogP contribution in [-0.4, -0.2) is 24.0 Å². The number of nitrogens with two attached hydrogens (primary N) is 1. The third kappa shape index (κ3) is 2.95. The van der Waals surface area contributed by atoms with E-state index in [0.717, 1.165) is 14.9 Å². The second-order valence-corrected chi connectivity index (χ2v) is 5.36. The van der Waals surface area contributed by atoms with Crippen LogP contribution in [0.25, 0.3) is 10.4 Å². The molecule has 94 valence electrons. The lowest BCUT2D eigenvalue weighted by Gasteiger charge is -2.04. The van der Waals surface area contributed by atoms with Gasteiger partial charge < -0.3 is 11.1 Å². The van der Waals surface area contributed by atoms with Gasteiger partial charge in [0.2, 0.25) is 0 Å². The molecular weight excluding hydrogens is 314 g/mol. The number of nitrogens with zero attached hydrogens (tertiary/aromatic N) is 1. The van der Waals surface area contributed by atoms with Crippen LogP contribution >= 0.6 is 27.3 Å². The van der Waals surface area contributed by atoms with Crippen molar-refractivity contribution in [1.82, 2.24) is 10.3 Å². The van der Waals surface area contributed by atoms with Crippen LogP contribution in [0.4, 0.5) is 0 Å². The number of hydrogen-bond acceptors (Lipinski definition) is 4. The molecule has 2 rings (SSSR count). The normalized spacial score (nSPS) is 10.3. The summed E-state index contributed by atoms with van der Waals surface area (Å²) in [6, 6.07) is 7.80. The van der Waals surface area contributed by atoms with Crippen molar-refractivity contribution >= 4 is 33.2 Å². The Kier molecular flexibility index (Phi) is 4.46. The Bertz CT molecular complexity index is 556. The zero-order valence-electron chi connectivity index (χ0n) is 9.52. The Morgan fingerprint density at radius 2 is 2.33 bits per heavy atom. The van der Waals surface area contributed by atoms with E-state index in [1.165, 1.54) is 11.3 Å². The molecule has 1 aromatic carbocycles. The zero-order valence-corrected chi connectivity index (χ0v) is 11.9. The molecular formula is C12H12BrN3OS. The van der Waals surface area contributed by atoms with Crippen molar-refractivity contribution in [3.05, 3.63) is 39.9 Å². The van der Waals surface area contributed by atoms with Gasteiger partial charge in [0.25, 0.3) is 5.91 Å². The predicted molar refractivity (Wildman–Crippen MR) is 76.6 cm³/mol. The Labute approximate surface area is 117 Å². The number of carbonyl (C=O) groups excluding carboxylic acids is 1. The third-order valence-electron chi connectivity index (χ3n) is 2.30. The smallest absolute Gasteiger partial charge is 0.271 e. The van der Waals surface area contributed by atoms with Gasteiger partial charge in [0.1, 0.15) is 5.69 Å². The van der Waals surface area contributed by atoms with Gasteiger partial charge in [-0.05, 0) is 17.7 Å². The van der Waals surface area contributed by atoms with E-state index >= 15 is 0 Å². The number of benzene rings is 1. The fraction of sp³-hybridized carbons (Fsp3) is 0.167. The molecule has 0 bridgehead atoms. The molecule has 1 heterocycles. The van der Waals surface area contributed by atoms with Crippen LogP contribution in [0.5, 0.6) is 0 Å². The van der Waals surface area contributed by atoms with E-state index in [9.17, 15) is 4.79 Å². The largest absolute Gasteiger partial charge is 0.349 e. The summed E-state index contributed by atoms with van der Waals surface area (Å²) in [7, 11) is 0. The summed E-state index contributed by atoms with van der Waals surface area (Å²) in [5.74, 6) is -0.184. The molecule has 0 fully saturated rings. The minimum Gasteiger partial charge on any atom is -0.349 e. The average Bonchev–Trinajstić information content (AvgIpc) is 2.85. The summed E-state index contributed by atoms with van der Waals surface area (Å²) in [6.07, 6.45) is 0. The van der Waals surface area contributed by atoms with Crippen LogP contribution < -0.4 is 11.1 Å². The molecule has 2 aromatic rings. The highest BCUT2D eigenvalue weighted by Gasteiger charge is 2.15. The van der Waals surface area contributed by atoms with Crippen LogP contribution in [0.15, 0.2) is 34.2 Å². The molecule has 18 heavy (non-hydrogen) atoms. The summed E-state index contributed by atoms with van der Waals surface area (Å²) < 4.78 is 0.974. The molecule has 3 N–H and O–H groups in total. The van der Waals surface area contributed by atoms with Gasteiger partial charge in [-0.25, -0.2) is 4.98 Å². The molecule has 0 spiro atoms. The highest BCUT2D eigenvalue weighted by Crippen LogP contribution is 2.29. The lowest BCUT2D eigenvalue weighted by atomic mass is 10.1. The summed E-state index contributed by atoms with van der Waals surface area (Å²) in [5.41, 5.74) is 8.46. The zero-order chi connectivity index (χ0) is 13.0. The summed E-state index contributed by atoms with van der Waals surface area (Å²) in [4.78, 5) is 16.9. The van der Waals surface area contributed by atoms with Crippen molar-refractivity contribution < 1.29 is 4.79 Å². The Morgan fingerprint density at radius 3 is 3.06 bits per heavy atom. The van der Waals surface area contributed by atoms with Gasteiger partial charge in [-0.3, -0.25) is 4.79 Å². The molecule has 0 saturated carbocycles. The van der Waals surface area contributed by atoms with Gasteiger partial charge in [-0.15, -0.1) is 11.3 Å². The minimum atomic E-state index is -0.184. The van der Waals surface area contributed by atoms with E-state index in [4.69, 9.17) is 5.73 Å². The van der Waals surface area contributed by atoms with Crippen molar-refractivity contribution in [1.29, 1.82) is 0 Å². The summed E-state index contributed by atoms with van der Waals surface area (Å²) >= 11 is 4.87. The minimum absolute atomic E-state index is 0.184. The van der Waals surface area contributed by atoms with Gasteiger partial charge in [0, 0.05) is 17.6 Å². The number of aromatic nitrogens is 1. The fourth-order valence-electron chi connectivity index (χ4n) is 1.51. The monoisotopic (exact) mass is 325 g/mol. The first-order chi connectivity index (χ1) is 8.72. The van der Waals surface area contributed by atoms with Gasteiger partial charge >= 0.3 is 0 Å². The second-order valence-electron chi connectivity index (χ2n) is 3.59. The van der Waals surface area contributed by atoms with Crippen LogP contribution in [0.3, 0.4) is 0 Å². The number of halogens is 1. The SMILES string of the molecule is NCCNC(=O)c1ncsc1-c1cccc(Br)c1. The van der Waals surface area contributed by atoms with E-state index in [1.807, 2.05) is 24.3 Å². The first-order valence-corrected chi connectivity index (χ1v) is 7.07. The van der Waals surface area contributed by atoms with Gasteiger partial charge in [-0.2, -0.15) is 0 Å². The Morgan fingerprint density at radius 1 is 1.50 bits per heavy atom. The first kappa shape index (κ1) is 13.2. The average molecular weight is 326 g/mol. The first-order valence-electron chi connectivity index (χ1n) is 5.40. The lowest BCUT2D eigenvalue weighted by molar-refractivity contribution is 0.0951. The number of thiazole rings is 1. The van der Waals surface area contributed by atoms with Crippen molar-refractivity contribution in [2.45, 2.75) is 0 Å². The number of hydrogen-bond donors (Lipinski definition) is 2. The predicted octanol–water partition coefficient (Wildman–Crippen LogP) is 2.26. The molecule has 0 aliphatic carbocycles. The maximum Gasteiger partial charge on any atom is 0.271 e. The number of carbonyl (C=O) groups is 1. The van der Waals surface area contributed by atoms with Crippen molar-refractivity contribution in [3.8, 4) is 10.4 Å². The summed E-state index contributed by atoms with van der Waals surface area (Å²) in [5, 5.41) is 2.73. The number of rotatable bonds is 4. The molecule has 0 radical (unpaired) electrons. The van der Waals surface area contributed by atoms with Gasteiger partial charge in [-0.1, -0.05) is 28.1 Å².